The number of hydrogen-bond acceptors (Lipinski definition) is 3. The number of carbonyl (C=O) groups is 1. The van der Waals surface area contributed by atoms with Crippen molar-refractivity contribution in [2.75, 3.05) is 15.9 Å². The van der Waals surface area contributed by atoms with Gasteiger partial charge in [-0.1, -0.05) is 42.5 Å². The van der Waals surface area contributed by atoms with Crippen LogP contribution in [0.2, 0.25) is 0 Å². The van der Waals surface area contributed by atoms with Gasteiger partial charge in [0, 0.05) is 16.6 Å². The van der Waals surface area contributed by atoms with Crippen LogP contribution in [0.5, 0.6) is 0 Å². The van der Waals surface area contributed by atoms with E-state index in [2.05, 4.69) is 23.5 Å². The topological polar surface area (TPSA) is 66.5 Å². The maximum atomic E-state index is 13.0. The first kappa shape index (κ1) is 23.1. The van der Waals surface area contributed by atoms with E-state index in [-0.39, 0.29) is 12.5 Å². The summed E-state index contributed by atoms with van der Waals surface area (Å²) >= 11 is 0. The molecule has 0 radical (unpaired) electrons. The molecular formula is C29H28N2O3S. The lowest BCUT2D eigenvalue weighted by atomic mass is 10.0. The van der Waals surface area contributed by atoms with Crippen molar-refractivity contribution in [2.45, 2.75) is 33.2 Å². The molecular weight excluding hydrogens is 456 g/mol. The summed E-state index contributed by atoms with van der Waals surface area (Å²) in [5, 5.41) is 5.39. The molecule has 0 heterocycles. The van der Waals surface area contributed by atoms with E-state index in [4.69, 9.17) is 0 Å². The van der Waals surface area contributed by atoms with Crippen molar-refractivity contribution < 1.29 is 13.2 Å². The summed E-state index contributed by atoms with van der Waals surface area (Å²) in [6.07, 6.45) is 3.29. The van der Waals surface area contributed by atoms with Crippen LogP contribution >= 0.6 is 0 Å². The number of rotatable bonds is 6. The Morgan fingerprint density at radius 3 is 2.29 bits per heavy atom. The number of nitrogens with one attached hydrogen (secondary N) is 1. The van der Waals surface area contributed by atoms with Crippen LogP contribution in [0.3, 0.4) is 0 Å². The van der Waals surface area contributed by atoms with E-state index >= 15 is 0 Å². The zero-order chi connectivity index (χ0) is 24.7. The standard InChI is InChI=1S/C29H28N2O3S/c1-19-7-15-25(17-20(19)2)31(35(3,33)34)18-21-8-10-24(11-9-21)29(32)30-27-16-14-23-13-12-22-5-4-6-26(27)28(22)23/h4-11,14-17H,12-13,18H2,1-3H3,(H,30,32). The SMILES string of the molecule is Cc1ccc(N(Cc2ccc(C(=O)Nc3ccc4c5c(cccc35)CC4)cc2)S(C)(=O)=O)cc1C. The summed E-state index contributed by atoms with van der Waals surface area (Å²) in [4.78, 5) is 13.0. The summed E-state index contributed by atoms with van der Waals surface area (Å²) in [7, 11) is -3.48. The lowest BCUT2D eigenvalue weighted by Gasteiger charge is -2.23. The minimum atomic E-state index is -3.48. The fourth-order valence-electron chi connectivity index (χ4n) is 4.76. The number of benzene rings is 4. The van der Waals surface area contributed by atoms with Crippen molar-refractivity contribution in [3.8, 4) is 0 Å². The molecule has 178 valence electrons. The van der Waals surface area contributed by atoms with Gasteiger partial charge in [-0.2, -0.15) is 0 Å². The Morgan fingerprint density at radius 1 is 0.886 bits per heavy atom. The number of aryl methyl sites for hydroxylation is 4. The predicted molar refractivity (Wildman–Crippen MR) is 143 cm³/mol. The van der Waals surface area contributed by atoms with E-state index in [1.807, 2.05) is 56.3 Å². The monoisotopic (exact) mass is 484 g/mol. The van der Waals surface area contributed by atoms with E-state index in [1.54, 1.807) is 12.1 Å². The number of hydrogen-bond donors (Lipinski definition) is 1. The highest BCUT2D eigenvalue weighted by atomic mass is 32.2. The second-order valence-corrected chi connectivity index (χ2v) is 11.2. The minimum Gasteiger partial charge on any atom is -0.321 e. The molecule has 1 amide bonds. The maximum absolute atomic E-state index is 13.0. The van der Waals surface area contributed by atoms with Crippen molar-refractivity contribution in [2.24, 2.45) is 0 Å². The highest BCUT2D eigenvalue weighted by molar-refractivity contribution is 7.92. The van der Waals surface area contributed by atoms with Crippen molar-refractivity contribution in [1.29, 1.82) is 0 Å². The molecule has 0 saturated heterocycles. The molecule has 0 fully saturated rings. The van der Waals surface area contributed by atoms with Gasteiger partial charge >= 0.3 is 0 Å². The largest absolute Gasteiger partial charge is 0.321 e. The van der Waals surface area contributed by atoms with Gasteiger partial charge in [0.05, 0.1) is 18.5 Å². The van der Waals surface area contributed by atoms with Crippen molar-refractivity contribution in [3.63, 3.8) is 0 Å². The van der Waals surface area contributed by atoms with E-state index in [0.717, 1.165) is 40.6 Å². The van der Waals surface area contributed by atoms with Crippen LogP contribution in [0, 0.1) is 13.8 Å². The van der Waals surface area contributed by atoms with Gasteiger partial charge < -0.3 is 5.32 Å². The van der Waals surface area contributed by atoms with Gasteiger partial charge in [0.15, 0.2) is 0 Å². The zero-order valence-corrected chi connectivity index (χ0v) is 20.9. The number of amides is 1. The second kappa shape index (κ2) is 8.86. The van der Waals surface area contributed by atoms with Gasteiger partial charge in [-0.3, -0.25) is 9.10 Å². The first-order valence-corrected chi connectivity index (χ1v) is 13.5. The molecule has 0 unspecified atom stereocenters. The smallest absolute Gasteiger partial charge is 0.255 e. The highest BCUT2D eigenvalue weighted by Gasteiger charge is 2.20. The molecule has 5 nitrogen and oxygen atoms in total. The van der Waals surface area contributed by atoms with Crippen molar-refractivity contribution >= 4 is 38.1 Å². The molecule has 0 bridgehead atoms. The Morgan fingerprint density at radius 2 is 1.60 bits per heavy atom. The Hall–Kier alpha value is -3.64. The molecule has 4 aromatic rings. The van der Waals surface area contributed by atoms with Crippen LogP contribution in [0.15, 0.2) is 72.8 Å². The molecule has 0 atom stereocenters. The lowest BCUT2D eigenvalue weighted by molar-refractivity contribution is 0.102. The molecule has 0 aliphatic heterocycles. The van der Waals surface area contributed by atoms with Crippen LogP contribution < -0.4 is 9.62 Å². The molecule has 0 saturated carbocycles. The predicted octanol–water partition coefficient (Wildman–Crippen LogP) is 5.77. The maximum Gasteiger partial charge on any atom is 0.255 e. The highest BCUT2D eigenvalue weighted by Crippen LogP contribution is 2.35. The molecule has 6 heteroatoms. The molecule has 4 aromatic carbocycles. The van der Waals surface area contributed by atoms with Gasteiger partial charge in [-0.15, -0.1) is 0 Å². The average Bonchev–Trinajstić information content (AvgIpc) is 3.25. The summed E-state index contributed by atoms with van der Waals surface area (Å²) in [6, 6.07) is 23.1. The van der Waals surface area contributed by atoms with Crippen molar-refractivity contribution in [3.05, 3.63) is 106 Å². The third kappa shape index (κ3) is 4.54. The van der Waals surface area contributed by atoms with Gasteiger partial charge in [0.2, 0.25) is 10.0 Å². The molecule has 1 aliphatic carbocycles. The van der Waals surface area contributed by atoms with Gasteiger partial charge in [0.25, 0.3) is 5.91 Å². The second-order valence-electron chi connectivity index (χ2n) is 9.30. The number of sulfonamides is 1. The Labute approximate surface area is 206 Å². The van der Waals surface area contributed by atoms with Crippen LogP contribution in [-0.4, -0.2) is 20.6 Å². The molecule has 1 N–H and O–H groups in total. The summed E-state index contributed by atoms with van der Waals surface area (Å²) in [5.41, 5.74) is 7.56. The molecule has 35 heavy (non-hydrogen) atoms. The quantitative estimate of drug-likeness (QED) is 0.378. The van der Waals surface area contributed by atoms with Gasteiger partial charge in [-0.25, -0.2) is 8.42 Å². The fraction of sp³-hybridized carbons (Fsp3) is 0.207. The van der Waals surface area contributed by atoms with E-state index < -0.39 is 10.0 Å². The average molecular weight is 485 g/mol. The van der Waals surface area contributed by atoms with Crippen LogP contribution in [0.4, 0.5) is 11.4 Å². The third-order valence-corrected chi connectivity index (χ3v) is 7.99. The van der Waals surface area contributed by atoms with Crippen molar-refractivity contribution in [1.82, 2.24) is 0 Å². The Kier molecular flexibility index (Phi) is 5.85. The number of carbonyl (C=O) groups excluding carboxylic acids is 1. The fourth-order valence-corrected chi connectivity index (χ4v) is 5.64. The first-order chi connectivity index (χ1) is 16.7. The molecule has 5 rings (SSSR count). The summed E-state index contributed by atoms with van der Waals surface area (Å²) < 4.78 is 26.5. The van der Waals surface area contributed by atoms with Crippen LogP contribution in [0.25, 0.3) is 10.8 Å². The van der Waals surface area contributed by atoms with E-state index in [1.165, 1.54) is 27.1 Å². The minimum absolute atomic E-state index is 0.190. The van der Waals surface area contributed by atoms with Crippen LogP contribution in [0.1, 0.15) is 38.2 Å². The number of anilines is 2. The third-order valence-electron chi connectivity index (χ3n) is 6.85. The lowest BCUT2D eigenvalue weighted by Crippen LogP contribution is -2.29. The normalized spacial score (nSPS) is 12.7. The summed E-state index contributed by atoms with van der Waals surface area (Å²) in [6.45, 7) is 4.16. The zero-order valence-electron chi connectivity index (χ0n) is 20.1. The van der Waals surface area contributed by atoms with E-state index in [0.29, 0.717) is 11.3 Å². The Bertz CT molecular complexity index is 1550. The molecule has 1 aliphatic rings. The van der Waals surface area contributed by atoms with E-state index in [9.17, 15) is 13.2 Å². The number of nitrogens with zero attached hydrogens (tertiary/aromatic N) is 1. The Balaban J connectivity index is 1.36. The molecule has 0 spiro atoms. The van der Waals surface area contributed by atoms with Gasteiger partial charge in [-0.05, 0) is 90.2 Å². The van der Waals surface area contributed by atoms with Crippen LogP contribution in [-0.2, 0) is 29.4 Å². The first-order valence-electron chi connectivity index (χ1n) is 11.7. The molecule has 0 aromatic heterocycles. The summed E-state index contributed by atoms with van der Waals surface area (Å²) in [5.74, 6) is -0.190. The van der Waals surface area contributed by atoms with Gasteiger partial charge in [0.1, 0.15) is 0 Å².